The normalized spacial score (nSPS) is 9.11. The summed E-state index contributed by atoms with van der Waals surface area (Å²) in [7, 11) is 0. The van der Waals surface area contributed by atoms with E-state index in [4.69, 9.17) is 16.5 Å². The molecule has 0 aromatic heterocycles. The van der Waals surface area contributed by atoms with Crippen molar-refractivity contribution in [3.8, 4) is 0 Å². The van der Waals surface area contributed by atoms with Crippen LogP contribution in [0.3, 0.4) is 0 Å². The van der Waals surface area contributed by atoms with E-state index in [1.807, 2.05) is 18.2 Å². The summed E-state index contributed by atoms with van der Waals surface area (Å²) in [6, 6.07) is 9.10. The predicted molar refractivity (Wildman–Crippen MR) is 39.9 cm³/mol. The second-order valence-electron chi connectivity index (χ2n) is 1.75. The minimum absolute atomic E-state index is 0.735. The summed E-state index contributed by atoms with van der Waals surface area (Å²) in [4.78, 5) is 0. The van der Waals surface area contributed by atoms with E-state index in [9.17, 15) is 0 Å². The van der Waals surface area contributed by atoms with Crippen molar-refractivity contribution in [1.82, 2.24) is 0 Å². The molecule has 46 valence electrons. The maximum absolute atomic E-state index is 8.79. The molecule has 0 aliphatic carbocycles. The lowest BCUT2D eigenvalue weighted by molar-refractivity contribution is 0.607. The third kappa shape index (κ3) is 1.73. The van der Waals surface area contributed by atoms with Gasteiger partial charge in [0.2, 0.25) is 0 Å². The van der Waals surface area contributed by atoms with E-state index in [1.54, 1.807) is 12.1 Å². The van der Waals surface area contributed by atoms with Crippen molar-refractivity contribution in [3.05, 3.63) is 30.3 Å². The zero-order valence-electron chi connectivity index (χ0n) is 4.79. The van der Waals surface area contributed by atoms with E-state index in [0.29, 0.717) is 0 Å². The van der Waals surface area contributed by atoms with Gasteiger partial charge in [0, 0.05) is 0 Å². The fraction of sp³-hybridized carbons (Fsp3) is 0. The van der Waals surface area contributed by atoms with Gasteiger partial charge in [0.15, 0.2) is 0 Å². The molecule has 0 spiro atoms. The van der Waals surface area contributed by atoms with Crippen LogP contribution < -0.4 is 5.46 Å². The van der Waals surface area contributed by atoms with Crippen LogP contribution in [0.2, 0.25) is 0 Å². The van der Waals surface area contributed by atoms with Crippen molar-refractivity contribution < 1.29 is 5.02 Å². The van der Waals surface area contributed by atoms with Gasteiger partial charge in [-0.25, -0.2) is 0 Å². The van der Waals surface area contributed by atoms with Crippen molar-refractivity contribution in [3.63, 3.8) is 0 Å². The third-order valence-electron chi connectivity index (χ3n) is 1.07. The average molecular weight is 140 g/mol. The molecule has 0 radical (unpaired) electrons. The zero-order chi connectivity index (χ0) is 6.69. The Morgan fingerprint density at radius 3 is 2.11 bits per heavy atom. The van der Waals surface area contributed by atoms with Crippen molar-refractivity contribution >= 4 is 23.3 Å². The molecule has 1 aromatic rings. The van der Waals surface area contributed by atoms with Gasteiger partial charge >= 0.3 is 6.33 Å². The SMILES string of the molecule is OB(Cl)c1ccccc1. The summed E-state index contributed by atoms with van der Waals surface area (Å²) >= 11 is 5.36. The molecule has 1 aromatic carbocycles. The van der Waals surface area contributed by atoms with Crippen LogP contribution in [-0.4, -0.2) is 11.4 Å². The summed E-state index contributed by atoms with van der Waals surface area (Å²) < 4.78 is 0. The summed E-state index contributed by atoms with van der Waals surface area (Å²) in [5, 5.41) is 8.79. The smallest absolute Gasteiger partial charge is 0.431 e. The highest BCUT2D eigenvalue weighted by Crippen LogP contribution is 1.87. The van der Waals surface area contributed by atoms with Gasteiger partial charge in [0.1, 0.15) is 0 Å². The molecule has 0 heterocycles. The fourth-order valence-corrected chi connectivity index (χ4v) is 0.757. The molecule has 0 amide bonds. The highest BCUT2D eigenvalue weighted by molar-refractivity contribution is 7.09. The lowest BCUT2D eigenvalue weighted by Crippen LogP contribution is -2.22. The maximum atomic E-state index is 8.79. The second kappa shape index (κ2) is 2.90. The van der Waals surface area contributed by atoms with E-state index in [1.165, 1.54) is 0 Å². The Morgan fingerprint density at radius 1 is 1.22 bits per heavy atom. The number of hydrogen-bond acceptors (Lipinski definition) is 1. The fourth-order valence-electron chi connectivity index (χ4n) is 0.612. The van der Waals surface area contributed by atoms with Gasteiger partial charge in [0.25, 0.3) is 0 Å². The molecule has 0 unspecified atom stereocenters. The molecule has 9 heavy (non-hydrogen) atoms. The van der Waals surface area contributed by atoms with E-state index >= 15 is 0 Å². The molecule has 0 fully saturated rings. The summed E-state index contributed by atoms with van der Waals surface area (Å²) in [6.07, 6.45) is -0.869. The summed E-state index contributed by atoms with van der Waals surface area (Å²) in [6.45, 7) is 0. The van der Waals surface area contributed by atoms with Crippen molar-refractivity contribution in [2.45, 2.75) is 0 Å². The van der Waals surface area contributed by atoms with Gasteiger partial charge < -0.3 is 5.02 Å². The molecule has 0 aliphatic heterocycles. The van der Waals surface area contributed by atoms with Crippen LogP contribution in [0, 0.1) is 0 Å². The van der Waals surface area contributed by atoms with Crippen LogP contribution in [-0.2, 0) is 0 Å². The molecule has 0 atom stereocenters. The number of rotatable bonds is 1. The molecule has 0 aliphatic rings. The summed E-state index contributed by atoms with van der Waals surface area (Å²) in [5.74, 6) is 0. The van der Waals surface area contributed by atoms with Gasteiger partial charge in [-0.05, 0) is 5.46 Å². The molecule has 0 saturated heterocycles. The number of halogens is 1. The van der Waals surface area contributed by atoms with Crippen LogP contribution in [0.5, 0.6) is 0 Å². The highest BCUT2D eigenvalue weighted by atomic mass is 35.5. The highest BCUT2D eigenvalue weighted by Gasteiger charge is 2.06. The minimum Gasteiger partial charge on any atom is -0.434 e. The van der Waals surface area contributed by atoms with Crippen LogP contribution in [0.1, 0.15) is 0 Å². The minimum atomic E-state index is -0.869. The number of benzene rings is 1. The summed E-state index contributed by atoms with van der Waals surface area (Å²) in [5.41, 5.74) is 0.735. The van der Waals surface area contributed by atoms with E-state index in [-0.39, 0.29) is 0 Å². The van der Waals surface area contributed by atoms with Crippen molar-refractivity contribution in [2.75, 3.05) is 0 Å². The second-order valence-corrected chi connectivity index (χ2v) is 2.16. The first-order valence-electron chi connectivity index (χ1n) is 2.68. The monoisotopic (exact) mass is 140 g/mol. The molecule has 1 N–H and O–H groups in total. The Morgan fingerprint density at radius 2 is 1.78 bits per heavy atom. The molecule has 3 heteroatoms. The Balaban J connectivity index is 2.85. The lowest BCUT2D eigenvalue weighted by atomic mass is 9.87. The average Bonchev–Trinajstić information content (AvgIpc) is 1.90. The Kier molecular flexibility index (Phi) is 2.14. The van der Waals surface area contributed by atoms with E-state index in [0.717, 1.165) is 5.46 Å². The zero-order valence-corrected chi connectivity index (χ0v) is 5.55. The van der Waals surface area contributed by atoms with Crippen LogP contribution in [0.25, 0.3) is 0 Å². The van der Waals surface area contributed by atoms with Crippen molar-refractivity contribution in [1.29, 1.82) is 0 Å². The molecule has 1 rings (SSSR count). The van der Waals surface area contributed by atoms with Crippen molar-refractivity contribution in [2.24, 2.45) is 0 Å². The van der Waals surface area contributed by atoms with Gasteiger partial charge in [-0.2, -0.15) is 0 Å². The first-order valence-corrected chi connectivity index (χ1v) is 3.11. The molecular weight excluding hydrogens is 134 g/mol. The largest absolute Gasteiger partial charge is 0.434 e. The standard InChI is InChI=1S/C6H6BClO/c8-7(9)6-4-2-1-3-5-6/h1-5,9H. The van der Waals surface area contributed by atoms with Crippen LogP contribution in [0.4, 0.5) is 0 Å². The quantitative estimate of drug-likeness (QED) is 0.567. The molecule has 1 nitrogen and oxygen atoms in total. The first kappa shape index (κ1) is 6.65. The first-order chi connectivity index (χ1) is 4.30. The Bertz CT molecular complexity index is 176. The molecule has 0 saturated carbocycles. The van der Waals surface area contributed by atoms with Gasteiger partial charge in [-0.1, -0.05) is 30.3 Å². The number of hydrogen-bond donors (Lipinski definition) is 1. The Hall–Kier alpha value is -0.465. The van der Waals surface area contributed by atoms with Gasteiger partial charge in [-0.15, -0.1) is 11.5 Å². The van der Waals surface area contributed by atoms with Crippen LogP contribution in [0.15, 0.2) is 30.3 Å². The van der Waals surface area contributed by atoms with E-state index < -0.39 is 6.33 Å². The Labute approximate surface area is 59.3 Å². The maximum Gasteiger partial charge on any atom is 0.431 e. The van der Waals surface area contributed by atoms with E-state index in [2.05, 4.69) is 0 Å². The molecule has 0 bridgehead atoms. The van der Waals surface area contributed by atoms with Gasteiger partial charge in [-0.3, -0.25) is 0 Å². The lowest BCUT2D eigenvalue weighted by Gasteiger charge is -1.93. The third-order valence-corrected chi connectivity index (χ3v) is 1.33. The predicted octanol–water partition coefficient (Wildman–Crippen LogP) is 0.613. The topological polar surface area (TPSA) is 20.2 Å². The van der Waals surface area contributed by atoms with Gasteiger partial charge in [0.05, 0.1) is 0 Å². The molecular formula is C6H6BClO. The van der Waals surface area contributed by atoms with Crippen LogP contribution >= 0.6 is 11.5 Å².